The highest BCUT2D eigenvalue weighted by Gasteiger charge is 2.14. The number of aryl methyl sites for hydroxylation is 1. The third-order valence-corrected chi connectivity index (χ3v) is 1.43. The number of carboxylic acid groups (broad SMARTS) is 1. The molecule has 0 atom stereocenters. The molecule has 2 N–H and O–H groups in total. The minimum atomic E-state index is -1.38. The molecule has 0 aliphatic heterocycles. The molecule has 4 heteroatoms. The van der Waals surface area contributed by atoms with E-state index in [4.69, 9.17) is 10.2 Å². The van der Waals surface area contributed by atoms with E-state index in [1.165, 1.54) is 6.07 Å². The summed E-state index contributed by atoms with van der Waals surface area (Å²) in [4.78, 5) is 10.4. The number of halogens is 1. The van der Waals surface area contributed by atoms with E-state index < -0.39 is 23.1 Å². The molecule has 0 amide bonds. The molecule has 0 aliphatic rings. The number of phenols is 1. The first kappa shape index (κ1) is 8.52. The topological polar surface area (TPSA) is 57.5 Å². The van der Waals surface area contributed by atoms with Gasteiger partial charge in [0.05, 0.1) is 5.56 Å². The Labute approximate surface area is 68.1 Å². The third-order valence-electron chi connectivity index (χ3n) is 1.43. The normalized spacial score (nSPS) is 9.83. The summed E-state index contributed by atoms with van der Waals surface area (Å²) in [6.07, 6.45) is 0. The van der Waals surface area contributed by atoms with Crippen LogP contribution in [0.1, 0.15) is 15.9 Å². The molecule has 0 spiro atoms. The van der Waals surface area contributed by atoms with Gasteiger partial charge in [0, 0.05) is 0 Å². The minimum absolute atomic E-state index is 0.506. The lowest BCUT2D eigenvalue weighted by Gasteiger charge is -2.01. The fraction of sp³-hybridized carbons (Fsp3) is 0.125. The van der Waals surface area contributed by atoms with Gasteiger partial charge >= 0.3 is 5.97 Å². The summed E-state index contributed by atoms with van der Waals surface area (Å²) in [6, 6.07) is 2.33. The van der Waals surface area contributed by atoms with Gasteiger partial charge in [-0.3, -0.25) is 0 Å². The predicted octanol–water partition coefficient (Wildman–Crippen LogP) is 1.54. The van der Waals surface area contributed by atoms with Crippen molar-refractivity contribution in [3.63, 3.8) is 0 Å². The smallest absolute Gasteiger partial charge is 0.338 e. The van der Waals surface area contributed by atoms with E-state index in [-0.39, 0.29) is 0 Å². The first-order valence-corrected chi connectivity index (χ1v) is 3.25. The van der Waals surface area contributed by atoms with Gasteiger partial charge in [-0.25, -0.2) is 9.18 Å². The largest absolute Gasteiger partial charge is 0.505 e. The van der Waals surface area contributed by atoms with E-state index >= 15 is 0 Å². The van der Waals surface area contributed by atoms with E-state index in [9.17, 15) is 9.18 Å². The summed E-state index contributed by atoms with van der Waals surface area (Å²) in [5.74, 6) is -3.10. The van der Waals surface area contributed by atoms with Crippen LogP contribution >= 0.6 is 0 Å². The second-order valence-electron chi connectivity index (χ2n) is 2.45. The maximum Gasteiger partial charge on any atom is 0.338 e. The first-order chi connectivity index (χ1) is 5.52. The molecule has 0 unspecified atom stereocenters. The molecule has 0 radical (unpaired) electrons. The number of hydrogen-bond donors (Lipinski definition) is 2. The molecule has 0 heterocycles. The maximum atomic E-state index is 12.8. The fourth-order valence-corrected chi connectivity index (χ4v) is 0.905. The van der Waals surface area contributed by atoms with Crippen molar-refractivity contribution < 1.29 is 19.4 Å². The van der Waals surface area contributed by atoms with Crippen molar-refractivity contribution in [3.8, 4) is 5.75 Å². The number of hydrogen-bond acceptors (Lipinski definition) is 2. The summed E-state index contributed by atoms with van der Waals surface area (Å²) in [5.41, 5.74) is -0.00111. The Balaban J connectivity index is 3.37. The van der Waals surface area contributed by atoms with Gasteiger partial charge in [0.15, 0.2) is 11.6 Å². The second kappa shape index (κ2) is 2.81. The lowest BCUT2D eigenvalue weighted by molar-refractivity contribution is 0.0691. The van der Waals surface area contributed by atoms with Crippen LogP contribution in [0.4, 0.5) is 4.39 Å². The van der Waals surface area contributed by atoms with Crippen molar-refractivity contribution in [2.24, 2.45) is 0 Å². The summed E-state index contributed by atoms with van der Waals surface area (Å²) < 4.78 is 12.8. The average Bonchev–Trinajstić information content (AvgIpc) is 1.96. The van der Waals surface area contributed by atoms with Crippen LogP contribution in [0, 0.1) is 12.7 Å². The average molecular weight is 170 g/mol. The van der Waals surface area contributed by atoms with Crippen LogP contribution in [-0.2, 0) is 0 Å². The van der Waals surface area contributed by atoms with Gasteiger partial charge in [-0.1, -0.05) is 0 Å². The quantitative estimate of drug-likeness (QED) is 0.672. The van der Waals surface area contributed by atoms with Gasteiger partial charge in [-0.15, -0.1) is 0 Å². The molecule has 1 aromatic rings. The Morgan fingerprint density at radius 1 is 1.50 bits per heavy atom. The second-order valence-corrected chi connectivity index (χ2v) is 2.45. The van der Waals surface area contributed by atoms with Gasteiger partial charge < -0.3 is 10.2 Å². The molecule has 1 aromatic carbocycles. The number of rotatable bonds is 1. The Kier molecular flexibility index (Phi) is 1.99. The number of aromatic hydroxyl groups is 1. The molecule has 3 nitrogen and oxygen atoms in total. The molecular weight excluding hydrogens is 163 g/mol. The molecule has 0 bridgehead atoms. The molecule has 64 valence electrons. The standard InChI is InChI=1S/C8H7FO3/c1-4-2-5(8(11)12)7(9)6(10)3-4/h2-3,10H,1H3,(H,11,12). The van der Waals surface area contributed by atoms with E-state index in [0.29, 0.717) is 5.56 Å². The van der Waals surface area contributed by atoms with Crippen molar-refractivity contribution in [2.45, 2.75) is 6.92 Å². The van der Waals surface area contributed by atoms with Crippen molar-refractivity contribution in [1.82, 2.24) is 0 Å². The fourth-order valence-electron chi connectivity index (χ4n) is 0.905. The lowest BCUT2D eigenvalue weighted by atomic mass is 10.1. The molecule has 12 heavy (non-hydrogen) atoms. The Morgan fingerprint density at radius 2 is 2.08 bits per heavy atom. The molecule has 0 saturated carbocycles. The van der Waals surface area contributed by atoms with Crippen molar-refractivity contribution in [3.05, 3.63) is 29.1 Å². The SMILES string of the molecule is Cc1cc(O)c(F)c(C(=O)O)c1. The molecule has 0 aliphatic carbocycles. The Bertz CT molecular complexity index is 333. The van der Waals surface area contributed by atoms with Crippen LogP contribution in [0.15, 0.2) is 12.1 Å². The zero-order valence-electron chi connectivity index (χ0n) is 6.34. The highest BCUT2D eigenvalue weighted by atomic mass is 19.1. The van der Waals surface area contributed by atoms with Crippen molar-refractivity contribution >= 4 is 5.97 Å². The van der Waals surface area contributed by atoms with Crippen LogP contribution in [-0.4, -0.2) is 16.2 Å². The predicted molar refractivity (Wildman–Crippen MR) is 39.8 cm³/mol. The summed E-state index contributed by atoms with van der Waals surface area (Å²) in [7, 11) is 0. The van der Waals surface area contributed by atoms with Gasteiger partial charge in [-0.05, 0) is 24.6 Å². The molecule has 0 aromatic heterocycles. The number of phenolic OH excluding ortho intramolecular Hbond substituents is 1. The summed E-state index contributed by atoms with van der Waals surface area (Å²) in [5, 5.41) is 17.4. The molecule has 1 rings (SSSR count). The highest BCUT2D eigenvalue weighted by molar-refractivity contribution is 5.88. The third kappa shape index (κ3) is 1.37. The number of benzene rings is 1. The van der Waals surface area contributed by atoms with Gasteiger partial charge in [-0.2, -0.15) is 0 Å². The van der Waals surface area contributed by atoms with E-state index in [1.807, 2.05) is 0 Å². The maximum absolute atomic E-state index is 12.8. The lowest BCUT2D eigenvalue weighted by Crippen LogP contribution is -2.00. The highest BCUT2D eigenvalue weighted by Crippen LogP contribution is 2.21. The monoisotopic (exact) mass is 170 g/mol. The van der Waals surface area contributed by atoms with Gasteiger partial charge in [0.1, 0.15) is 0 Å². The van der Waals surface area contributed by atoms with E-state index in [1.54, 1.807) is 6.92 Å². The van der Waals surface area contributed by atoms with Gasteiger partial charge in [0.2, 0.25) is 0 Å². The zero-order valence-corrected chi connectivity index (χ0v) is 6.34. The first-order valence-electron chi connectivity index (χ1n) is 3.25. The van der Waals surface area contributed by atoms with Crippen LogP contribution < -0.4 is 0 Å². The van der Waals surface area contributed by atoms with E-state index in [2.05, 4.69) is 0 Å². The minimum Gasteiger partial charge on any atom is -0.505 e. The van der Waals surface area contributed by atoms with Crippen molar-refractivity contribution in [1.29, 1.82) is 0 Å². The van der Waals surface area contributed by atoms with Crippen LogP contribution in [0.2, 0.25) is 0 Å². The van der Waals surface area contributed by atoms with Gasteiger partial charge in [0.25, 0.3) is 0 Å². The molecule has 0 fully saturated rings. The van der Waals surface area contributed by atoms with E-state index in [0.717, 1.165) is 6.07 Å². The Hall–Kier alpha value is -1.58. The van der Waals surface area contributed by atoms with Crippen molar-refractivity contribution in [2.75, 3.05) is 0 Å². The Morgan fingerprint density at radius 3 is 2.58 bits per heavy atom. The molecular formula is C8H7FO3. The number of carboxylic acids is 1. The number of aromatic carboxylic acids is 1. The molecule has 0 saturated heterocycles. The van der Waals surface area contributed by atoms with Crippen LogP contribution in [0.3, 0.4) is 0 Å². The van der Waals surface area contributed by atoms with Crippen LogP contribution in [0.5, 0.6) is 5.75 Å². The summed E-state index contributed by atoms with van der Waals surface area (Å²) >= 11 is 0. The summed E-state index contributed by atoms with van der Waals surface area (Å²) in [6.45, 7) is 1.58. The van der Waals surface area contributed by atoms with Crippen LogP contribution in [0.25, 0.3) is 0 Å². The number of carbonyl (C=O) groups is 1. The zero-order chi connectivity index (χ0) is 9.30.